The summed E-state index contributed by atoms with van der Waals surface area (Å²) in [4.78, 5) is 0. The Kier molecular flexibility index (Phi) is 5.27. The molecule has 1 unspecified atom stereocenters. The summed E-state index contributed by atoms with van der Waals surface area (Å²) < 4.78 is 14.2. The molecule has 0 aliphatic rings. The second kappa shape index (κ2) is 6.76. The number of hydrogen-bond acceptors (Lipinski definition) is 2. The van der Waals surface area contributed by atoms with Gasteiger partial charge in [0.15, 0.2) is 0 Å². The minimum atomic E-state index is -0.977. The average molecular weight is 379 g/mol. The summed E-state index contributed by atoms with van der Waals surface area (Å²) in [6.07, 6.45) is -0.977. The lowest BCUT2D eigenvalue weighted by Gasteiger charge is -2.15. The zero-order valence-corrected chi connectivity index (χ0v) is 13.3. The molecule has 0 aliphatic carbocycles. The average Bonchev–Trinajstić information content (AvgIpc) is 2.44. The van der Waals surface area contributed by atoms with E-state index in [1.165, 1.54) is 12.1 Å². The maximum absolute atomic E-state index is 13.5. The van der Waals surface area contributed by atoms with E-state index in [9.17, 15) is 9.50 Å². The number of rotatable bonds is 4. The Hall–Kier alpha value is -0.810. The predicted octanol–water partition coefficient (Wildman–Crippen LogP) is 5.04. The van der Waals surface area contributed by atoms with Gasteiger partial charge in [-0.25, -0.2) is 4.39 Å². The molecule has 106 valence electrons. The van der Waals surface area contributed by atoms with E-state index >= 15 is 0 Å². The summed E-state index contributed by atoms with van der Waals surface area (Å²) >= 11 is 15.3. The van der Waals surface area contributed by atoms with Crippen LogP contribution in [0.25, 0.3) is 0 Å². The van der Waals surface area contributed by atoms with Crippen LogP contribution < -0.4 is 5.32 Å². The van der Waals surface area contributed by atoms with Gasteiger partial charge in [0, 0.05) is 16.6 Å². The fraction of sp³-hybridized carbons (Fsp3) is 0.143. The number of halogens is 4. The van der Waals surface area contributed by atoms with Crippen LogP contribution in [-0.4, -0.2) is 11.7 Å². The third-order valence-electron chi connectivity index (χ3n) is 2.79. The first-order valence-corrected chi connectivity index (χ1v) is 7.35. The molecule has 0 heterocycles. The molecule has 2 N–H and O–H groups in total. The van der Waals surface area contributed by atoms with E-state index in [-0.39, 0.29) is 12.1 Å². The molecule has 0 radical (unpaired) electrons. The highest BCUT2D eigenvalue weighted by Crippen LogP contribution is 2.36. The topological polar surface area (TPSA) is 32.3 Å². The Balaban J connectivity index is 2.10. The maximum Gasteiger partial charge on any atom is 0.129 e. The second-order valence-corrected chi connectivity index (χ2v) is 5.75. The Morgan fingerprint density at radius 1 is 1.15 bits per heavy atom. The van der Waals surface area contributed by atoms with Gasteiger partial charge >= 0.3 is 0 Å². The van der Waals surface area contributed by atoms with E-state index in [2.05, 4.69) is 21.2 Å². The van der Waals surface area contributed by atoms with Crippen LogP contribution in [-0.2, 0) is 0 Å². The third-order valence-corrected chi connectivity index (χ3v) is 4.56. The van der Waals surface area contributed by atoms with E-state index in [1.54, 1.807) is 24.3 Å². The molecule has 20 heavy (non-hydrogen) atoms. The Morgan fingerprint density at radius 2 is 1.85 bits per heavy atom. The predicted molar refractivity (Wildman–Crippen MR) is 84.0 cm³/mol. The largest absolute Gasteiger partial charge is 0.386 e. The van der Waals surface area contributed by atoms with Crippen LogP contribution in [0.1, 0.15) is 11.7 Å². The van der Waals surface area contributed by atoms with Crippen molar-refractivity contribution in [1.82, 2.24) is 0 Å². The van der Waals surface area contributed by atoms with Gasteiger partial charge in [0.25, 0.3) is 0 Å². The van der Waals surface area contributed by atoms with Gasteiger partial charge in [-0.15, -0.1) is 0 Å². The van der Waals surface area contributed by atoms with Crippen molar-refractivity contribution in [1.29, 1.82) is 0 Å². The van der Waals surface area contributed by atoms with E-state index in [4.69, 9.17) is 23.2 Å². The summed E-state index contributed by atoms with van der Waals surface area (Å²) in [6, 6.07) is 9.56. The summed E-state index contributed by atoms with van der Waals surface area (Å²) in [5.41, 5.74) is 0.814. The van der Waals surface area contributed by atoms with E-state index in [1.807, 2.05) is 0 Å². The first-order chi connectivity index (χ1) is 9.50. The molecule has 6 heteroatoms. The van der Waals surface area contributed by atoms with Crippen molar-refractivity contribution in [2.75, 3.05) is 11.9 Å². The van der Waals surface area contributed by atoms with Crippen molar-refractivity contribution in [3.8, 4) is 0 Å². The molecule has 2 nitrogen and oxygen atoms in total. The van der Waals surface area contributed by atoms with Crippen LogP contribution in [0, 0.1) is 5.82 Å². The molecule has 2 rings (SSSR count). The van der Waals surface area contributed by atoms with Gasteiger partial charge in [0.1, 0.15) is 5.82 Å². The van der Waals surface area contributed by atoms with E-state index < -0.39 is 11.9 Å². The smallest absolute Gasteiger partial charge is 0.129 e. The van der Waals surface area contributed by atoms with Crippen molar-refractivity contribution >= 4 is 44.8 Å². The molecule has 0 fully saturated rings. The molecular formula is C14H11BrCl2FNO. The molecule has 0 spiro atoms. The van der Waals surface area contributed by atoms with Crippen LogP contribution in [0.3, 0.4) is 0 Å². The molecule has 0 saturated heterocycles. The van der Waals surface area contributed by atoms with E-state index in [0.717, 1.165) is 0 Å². The highest BCUT2D eigenvalue weighted by Gasteiger charge is 2.14. The lowest BCUT2D eigenvalue weighted by Crippen LogP contribution is -2.13. The van der Waals surface area contributed by atoms with Gasteiger partial charge in [-0.3, -0.25) is 0 Å². The maximum atomic E-state index is 13.5. The van der Waals surface area contributed by atoms with Gasteiger partial charge in [-0.1, -0.05) is 41.4 Å². The standard InChI is InChI=1S/C14H11BrCl2FNO/c15-9-5-6-11(14(17)13(9)16)19-7-12(20)8-3-1-2-4-10(8)18/h1-6,12,19-20H,7H2. The number of hydrogen-bond donors (Lipinski definition) is 2. The normalized spacial score (nSPS) is 12.2. The Labute approximate surface area is 134 Å². The SMILES string of the molecule is OC(CNc1ccc(Br)c(Cl)c1Cl)c1ccccc1F. The number of nitrogens with one attached hydrogen (secondary N) is 1. The summed E-state index contributed by atoms with van der Waals surface area (Å²) in [6.45, 7) is 0.124. The van der Waals surface area contributed by atoms with Gasteiger partial charge in [-0.2, -0.15) is 0 Å². The van der Waals surface area contributed by atoms with Crippen LogP contribution in [0.4, 0.5) is 10.1 Å². The minimum Gasteiger partial charge on any atom is -0.386 e. The molecule has 2 aromatic rings. The summed E-state index contributed by atoms with van der Waals surface area (Å²) in [5.74, 6) is -0.443. The van der Waals surface area contributed by atoms with Crippen molar-refractivity contribution in [2.24, 2.45) is 0 Å². The van der Waals surface area contributed by atoms with Gasteiger partial charge in [-0.05, 0) is 34.1 Å². The fourth-order valence-electron chi connectivity index (χ4n) is 1.72. The van der Waals surface area contributed by atoms with Gasteiger partial charge in [0.2, 0.25) is 0 Å². The summed E-state index contributed by atoms with van der Waals surface area (Å²) in [7, 11) is 0. The first-order valence-electron chi connectivity index (χ1n) is 5.80. The number of aliphatic hydroxyl groups excluding tert-OH is 1. The van der Waals surface area contributed by atoms with E-state index in [0.29, 0.717) is 20.2 Å². The molecule has 0 amide bonds. The van der Waals surface area contributed by atoms with Crippen LogP contribution in [0.2, 0.25) is 10.0 Å². The minimum absolute atomic E-state index is 0.124. The molecular weight excluding hydrogens is 368 g/mol. The number of aliphatic hydroxyl groups is 1. The number of anilines is 1. The van der Waals surface area contributed by atoms with Crippen LogP contribution >= 0.6 is 39.1 Å². The number of benzene rings is 2. The second-order valence-electron chi connectivity index (χ2n) is 4.14. The molecule has 0 bridgehead atoms. The Bertz CT molecular complexity index is 624. The molecule has 0 aliphatic heterocycles. The van der Waals surface area contributed by atoms with Crippen molar-refractivity contribution in [2.45, 2.75) is 6.10 Å². The van der Waals surface area contributed by atoms with Crippen molar-refractivity contribution in [3.63, 3.8) is 0 Å². The van der Waals surface area contributed by atoms with Crippen LogP contribution in [0.15, 0.2) is 40.9 Å². The van der Waals surface area contributed by atoms with Gasteiger partial charge < -0.3 is 10.4 Å². The molecule has 0 saturated carbocycles. The molecule has 1 atom stereocenters. The molecule has 0 aromatic heterocycles. The van der Waals surface area contributed by atoms with Crippen LogP contribution in [0.5, 0.6) is 0 Å². The highest BCUT2D eigenvalue weighted by atomic mass is 79.9. The lowest BCUT2D eigenvalue weighted by atomic mass is 10.1. The fourth-order valence-corrected chi connectivity index (χ4v) is 2.57. The zero-order chi connectivity index (χ0) is 14.7. The first kappa shape index (κ1) is 15.6. The zero-order valence-electron chi connectivity index (χ0n) is 10.2. The highest BCUT2D eigenvalue weighted by molar-refractivity contribution is 9.10. The summed E-state index contributed by atoms with van der Waals surface area (Å²) in [5, 5.41) is 13.7. The molecule has 2 aromatic carbocycles. The van der Waals surface area contributed by atoms with Crippen molar-refractivity contribution in [3.05, 3.63) is 62.3 Å². The van der Waals surface area contributed by atoms with Gasteiger partial charge in [0.05, 0.1) is 21.8 Å². The lowest BCUT2D eigenvalue weighted by molar-refractivity contribution is 0.186. The monoisotopic (exact) mass is 377 g/mol. The Morgan fingerprint density at radius 3 is 2.55 bits per heavy atom. The quantitative estimate of drug-likeness (QED) is 0.730. The third kappa shape index (κ3) is 3.44. The van der Waals surface area contributed by atoms with Crippen molar-refractivity contribution < 1.29 is 9.50 Å².